The normalized spacial score (nSPS) is 12.3. The minimum atomic E-state index is -4.36. The molecule has 0 aliphatic heterocycles. The number of aromatic nitrogens is 2. The number of nitrogens with zero attached hydrogens (tertiary/aromatic N) is 2. The van der Waals surface area contributed by atoms with Crippen molar-refractivity contribution >= 4 is 23.6 Å². The van der Waals surface area contributed by atoms with Crippen molar-refractivity contribution in [1.82, 2.24) is 20.2 Å². The number of carbonyl (C=O) groups is 3. The van der Waals surface area contributed by atoms with Crippen LogP contribution in [0.15, 0.2) is 126 Å². The molecule has 0 unspecified atom stereocenters. The molecule has 0 radical (unpaired) electrons. The minimum absolute atomic E-state index is 0.107. The molecule has 5 aromatic rings. The summed E-state index contributed by atoms with van der Waals surface area (Å²) in [6.45, 7) is -1.18. The summed E-state index contributed by atoms with van der Waals surface area (Å²) in [6, 6.07) is 28.3. The van der Waals surface area contributed by atoms with Gasteiger partial charge in [0.25, 0.3) is 11.5 Å². The quantitative estimate of drug-likeness (QED) is 0.129. The number of benzene rings is 4. The van der Waals surface area contributed by atoms with E-state index in [-0.39, 0.29) is 36.6 Å². The molecule has 0 aliphatic rings. The van der Waals surface area contributed by atoms with Crippen molar-refractivity contribution in [1.29, 1.82) is 0 Å². The Morgan fingerprint density at radius 2 is 1.40 bits per heavy atom. The molecule has 1 aromatic heterocycles. The fraction of sp³-hybridized carbons (Fsp3) is 0.184. The first kappa shape index (κ1) is 37.0. The number of hydrogen-bond acceptors (Lipinski definition) is 7. The van der Waals surface area contributed by atoms with Gasteiger partial charge in [-0.2, -0.15) is 8.78 Å². The topological polar surface area (TPSA) is 152 Å². The molecular formula is C38H34F3N5O6. The molecule has 14 heteroatoms. The second kappa shape index (κ2) is 17.1. The molecule has 0 saturated heterocycles. The molecule has 0 saturated carbocycles. The zero-order chi connectivity index (χ0) is 37.1. The van der Waals surface area contributed by atoms with Crippen LogP contribution in [0.2, 0.25) is 0 Å². The number of alkyl halides is 2. The number of ether oxygens (including phenoxy) is 1. The van der Waals surface area contributed by atoms with E-state index >= 15 is 8.78 Å². The Hall–Kier alpha value is -6.28. The molecule has 5 rings (SSSR count). The minimum Gasteiger partial charge on any atom is -0.444 e. The summed E-state index contributed by atoms with van der Waals surface area (Å²) < 4.78 is 50.8. The van der Waals surface area contributed by atoms with Crippen molar-refractivity contribution in [3.63, 3.8) is 0 Å². The highest BCUT2D eigenvalue weighted by Crippen LogP contribution is 2.24. The number of hydrogen-bond donors (Lipinski definition) is 4. The van der Waals surface area contributed by atoms with E-state index in [4.69, 9.17) is 4.74 Å². The van der Waals surface area contributed by atoms with Crippen LogP contribution in [0.5, 0.6) is 0 Å². The van der Waals surface area contributed by atoms with Gasteiger partial charge in [0.15, 0.2) is 0 Å². The molecule has 0 aliphatic carbocycles. The van der Waals surface area contributed by atoms with Crippen LogP contribution >= 0.6 is 0 Å². The van der Waals surface area contributed by atoms with Crippen LogP contribution in [0.4, 0.5) is 23.7 Å². The van der Waals surface area contributed by atoms with Crippen LogP contribution in [0, 0.1) is 5.82 Å². The Balaban J connectivity index is 1.39. The van der Waals surface area contributed by atoms with Gasteiger partial charge >= 0.3 is 12.0 Å². The number of anilines is 1. The second-order valence-electron chi connectivity index (χ2n) is 11.7. The van der Waals surface area contributed by atoms with E-state index in [2.05, 4.69) is 20.9 Å². The SMILES string of the molecule is O=C(Cn1c(-c2ccc(F)cc2)ncc(NC(=O)OCc2ccccc2)c1=O)N[C@@H](Cc1ccccc1)[C@@H](O)C(F)(F)C(=O)NCc1ccccc1. The molecule has 268 valence electrons. The summed E-state index contributed by atoms with van der Waals surface area (Å²) in [4.78, 5) is 56.8. The summed E-state index contributed by atoms with van der Waals surface area (Å²) in [7, 11) is 0. The van der Waals surface area contributed by atoms with Crippen LogP contribution < -0.4 is 21.5 Å². The maximum atomic E-state index is 15.5. The molecule has 1 heterocycles. The third-order valence-electron chi connectivity index (χ3n) is 7.90. The maximum absolute atomic E-state index is 15.5. The van der Waals surface area contributed by atoms with E-state index in [9.17, 15) is 28.7 Å². The summed E-state index contributed by atoms with van der Waals surface area (Å²) in [6.07, 6.45) is -2.98. The maximum Gasteiger partial charge on any atom is 0.412 e. The van der Waals surface area contributed by atoms with Gasteiger partial charge in [-0.15, -0.1) is 0 Å². The monoisotopic (exact) mass is 713 g/mol. The average Bonchev–Trinajstić information content (AvgIpc) is 3.15. The molecule has 52 heavy (non-hydrogen) atoms. The largest absolute Gasteiger partial charge is 0.444 e. The molecule has 4 N–H and O–H groups in total. The molecular weight excluding hydrogens is 679 g/mol. The lowest BCUT2D eigenvalue weighted by Crippen LogP contribution is -2.58. The molecule has 2 atom stereocenters. The fourth-order valence-electron chi connectivity index (χ4n) is 5.21. The third-order valence-corrected chi connectivity index (χ3v) is 7.90. The van der Waals surface area contributed by atoms with Gasteiger partial charge in [-0.25, -0.2) is 14.2 Å². The van der Waals surface area contributed by atoms with Crippen LogP contribution in [0.3, 0.4) is 0 Å². The highest BCUT2D eigenvalue weighted by molar-refractivity contribution is 5.85. The molecule has 0 bridgehead atoms. The number of rotatable bonds is 14. The first-order chi connectivity index (χ1) is 25.0. The van der Waals surface area contributed by atoms with Crippen molar-refractivity contribution < 1.29 is 37.4 Å². The molecule has 11 nitrogen and oxygen atoms in total. The van der Waals surface area contributed by atoms with E-state index in [0.29, 0.717) is 16.7 Å². The van der Waals surface area contributed by atoms with E-state index < -0.39 is 53.9 Å². The Labute approximate surface area is 296 Å². The molecule has 3 amide bonds. The highest BCUT2D eigenvalue weighted by atomic mass is 19.3. The smallest absolute Gasteiger partial charge is 0.412 e. The predicted octanol–water partition coefficient (Wildman–Crippen LogP) is 4.84. The number of aliphatic hydroxyl groups excluding tert-OH is 1. The summed E-state index contributed by atoms with van der Waals surface area (Å²) >= 11 is 0. The average molecular weight is 714 g/mol. The highest BCUT2D eigenvalue weighted by Gasteiger charge is 2.50. The van der Waals surface area contributed by atoms with Crippen molar-refractivity contribution in [2.75, 3.05) is 5.32 Å². The number of halogens is 3. The van der Waals surface area contributed by atoms with Gasteiger partial charge in [0.1, 0.15) is 36.6 Å². The Morgan fingerprint density at radius 1 is 0.827 bits per heavy atom. The van der Waals surface area contributed by atoms with E-state index in [0.717, 1.165) is 22.9 Å². The molecule has 0 spiro atoms. The van der Waals surface area contributed by atoms with Gasteiger partial charge in [-0.3, -0.25) is 24.3 Å². The zero-order valence-corrected chi connectivity index (χ0v) is 27.5. The summed E-state index contributed by atoms with van der Waals surface area (Å²) in [5.41, 5.74) is 0.604. The second-order valence-corrected chi connectivity index (χ2v) is 11.7. The van der Waals surface area contributed by atoms with Gasteiger partial charge in [-0.05, 0) is 47.4 Å². The van der Waals surface area contributed by atoms with Crippen molar-refractivity contribution in [2.24, 2.45) is 0 Å². The molecule has 0 fully saturated rings. The number of carbonyl (C=O) groups excluding carboxylic acids is 3. The summed E-state index contributed by atoms with van der Waals surface area (Å²) in [5.74, 6) is -7.83. The van der Waals surface area contributed by atoms with Gasteiger partial charge in [0.2, 0.25) is 5.91 Å². The summed E-state index contributed by atoms with van der Waals surface area (Å²) in [5, 5.41) is 17.7. The van der Waals surface area contributed by atoms with Crippen molar-refractivity contribution in [2.45, 2.75) is 44.2 Å². The van der Waals surface area contributed by atoms with Gasteiger partial charge in [0.05, 0.1) is 12.2 Å². The lowest BCUT2D eigenvalue weighted by molar-refractivity contribution is -0.168. The first-order valence-electron chi connectivity index (χ1n) is 16.1. The fourth-order valence-corrected chi connectivity index (χ4v) is 5.21. The first-order valence-corrected chi connectivity index (χ1v) is 16.1. The lowest BCUT2D eigenvalue weighted by Gasteiger charge is -2.30. The van der Waals surface area contributed by atoms with Crippen LogP contribution in [-0.4, -0.2) is 50.6 Å². The van der Waals surface area contributed by atoms with Crippen molar-refractivity contribution in [3.05, 3.63) is 154 Å². The van der Waals surface area contributed by atoms with Gasteiger partial charge in [0, 0.05) is 12.1 Å². The van der Waals surface area contributed by atoms with Crippen LogP contribution in [0.25, 0.3) is 11.4 Å². The standard InChI is InChI=1S/C38H34F3N5O6/c39-29-18-16-28(17-19-29)34-42-22-31(45-37(51)52-24-27-14-8-3-9-15-27)35(49)46(34)23-32(47)44-30(20-25-10-4-1-5-11-25)33(48)38(40,41)36(50)43-21-26-12-6-2-7-13-26/h1-19,22,30,33,48H,20-21,23-24H2,(H,43,50)(H,44,47)(H,45,51)/t30-,33+/m0/s1. The van der Waals surface area contributed by atoms with E-state index in [1.165, 1.54) is 12.1 Å². The number of aliphatic hydroxyl groups is 1. The zero-order valence-electron chi connectivity index (χ0n) is 27.5. The third kappa shape index (κ3) is 9.69. The van der Waals surface area contributed by atoms with E-state index in [1.54, 1.807) is 91.0 Å². The Kier molecular flexibility index (Phi) is 12.2. The van der Waals surface area contributed by atoms with Gasteiger partial charge in [-0.1, -0.05) is 91.0 Å². The lowest BCUT2D eigenvalue weighted by atomic mass is 9.96. The van der Waals surface area contributed by atoms with E-state index in [1.807, 2.05) is 0 Å². The molecule has 4 aromatic carbocycles. The number of nitrogens with one attached hydrogen (secondary N) is 3. The van der Waals surface area contributed by atoms with Crippen molar-refractivity contribution in [3.8, 4) is 11.4 Å². The number of amides is 3. The van der Waals surface area contributed by atoms with Crippen LogP contribution in [0.1, 0.15) is 16.7 Å². The Bertz CT molecular complexity index is 2030. The Morgan fingerprint density at radius 3 is 2.02 bits per heavy atom. The van der Waals surface area contributed by atoms with Gasteiger partial charge < -0.3 is 20.5 Å². The predicted molar refractivity (Wildman–Crippen MR) is 185 cm³/mol. The van der Waals surface area contributed by atoms with Crippen LogP contribution in [-0.2, 0) is 40.4 Å².